The first kappa shape index (κ1) is 12.1. The SMILES string of the molecule is COc1ccc(Cn2cc(C)cn2)cc1[N+](=O)[O-]. The molecule has 94 valence electrons. The summed E-state index contributed by atoms with van der Waals surface area (Å²) in [5.74, 6) is 0.264. The minimum atomic E-state index is -0.448. The zero-order valence-electron chi connectivity index (χ0n) is 10.2. The molecule has 0 atom stereocenters. The molecule has 0 aliphatic carbocycles. The lowest BCUT2D eigenvalue weighted by Crippen LogP contribution is -2.01. The number of nitro benzene ring substituents is 1. The number of aryl methyl sites for hydroxylation is 1. The molecule has 2 aromatic rings. The molecule has 0 N–H and O–H groups in total. The molecular weight excluding hydrogens is 234 g/mol. The third kappa shape index (κ3) is 2.48. The quantitative estimate of drug-likeness (QED) is 0.613. The molecule has 0 amide bonds. The van der Waals surface area contributed by atoms with Crippen LogP contribution in [0.4, 0.5) is 5.69 Å². The van der Waals surface area contributed by atoms with Gasteiger partial charge in [0.05, 0.1) is 24.8 Å². The van der Waals surface area contributed by atoms with E-state index >= 15 is 0 Å². The summed E-state index contributed by atoms with van der Waals surface area (Å²) in [6.07, 6.45) is 3.63. The second kappa shape index (κ2) is 4.87. The van der Waals surface area contributed by atoms with E-state index in [-0.39, 0.29) is 11.4 Å². The lowest BCUT2D eigenvalue weighted by Gasteiger charge is -2.05. The molecule has 0 aliphatic rings. The number of benzene rings is 1. The lowest BCUT2D eigenvalue weighted by atomic mass is 10.2. The van der Waals surface area contributed by atoms with Gasteiger partial charge in [-0.2, -0.15) is 5.10 Å². The fraction of sp³-hybridized carbons (Fsp3) is 0.250. The average molecular weight is 247 g/mol. The third-order valence-corrected chi connectivity index (χ3v) is 2.55. The van der Waals surface area contributed by atoms with Gasteiger partial charge in [0.25, 0.3) is 0 Å². The molecule has 0 unspecified atom stereocenters. The Labute approximate surface area is 104 Å². The number of aromatic nitrogens is 2. The Hall–Kier alpha value is -2.37. The molecule has 0 spiro atoms. The Bertz CT molecular complexity index is 578. The van der Waals surface area contributed by atoms with Crippen molar-refractivity contribution in [1.29, 1.82) is 0 Å². The Morgan fingerprint density at radius 2 is 2.28 bits per heavy atom. The smallest absolute Gasteiger partial charge is 0.311 e. The van der Waals surface area contributed by atoms with E-state index in [2.05, 4.69) is 5.10 Å². The molecular formula is C12H13N3O3. The maximum absolute atomic E-state index is 10.9. The van der Waals surface area contributed by atoms with E-state index in [1.54, 1.807) is 23.0 Å². The van der Waals surface area contributed by atoms with Crippen molar-refractivity contribution in [1.82, 2.24) is 9.78 Å². The average Bonchev–Trinajstić information content (AvgIpc) is 2.74. The fourth-order valence-corrected chi connectivity index (χ4v) is 1.72. The zero-order chi connectivity index (χ0) is 13.1. The number of rotatable bonds is 4. The van der Waals surface area contributed by atoms with Gasteiger partial charge < -0.3 is 4.74 Å². The van der Waals surface area contributed by atoms with Crippen molar-refractivity contribution in [2.75, 3.05) is 7.11 Å². The van der Waals surface area contributed by atoms with Crippen LogP contribution < -0.4 is 4.74 Å². The van der Waals surface area contributed by atoms with Crippen molar-refractivity contribution < 1.29 is 9.66 Å². The van der Waals surface area contributed by atoms with Crippen LogP contribution in [0.1, 0.15) is 11.1 Å². The van der Waals surface area contributed by atoms with Crippen molar-refractivity contribution >= 4 is 5.69 Å². The molecule has 0 radical (unpaired) electrons. The van der Waals surface area contributed by atoms with Crippen LogP contribution in [-0.4, -0.2) is 21.8 Å². The third-order valence-electron chi connectivity index (χ3n) is 2.55. The highest BCUT2D eigenvalue weighted by Crippen LogP contribution is 2.27. The van der Waals surface area contributed by atoms with Crippen LogP contribution in [0.15, 0.2) is 30.6 Å². The largest absolute Gasteiger partial charge is 0.490 e. The van der Waals surface area contributed by atoms with E-state index in [0.717, 1.165) is 11.1 Å². The van der Waals surface area contributed by atoms with E-state index in [1.807, 2.05) is 13.1 Å². The highest BCUT2D eigenvalue weighted by atomic mass is 16.6. The molecule has 0 saturated carbocycles. The van der Waals surface area contributed by atoms with Gasteiger partial charge in [-0.25, -0.2) is 0 Å². The van der Waals surface area contributed by atoms with Crippen LogP contribution >= 0.6 is 0 Å². The number of ether oxygens (including phenoxy) is 1. The van der Waals surface area contributed by atoms with Crippen molar-refractivity contribution in [3.05, 3.63) is 51.8 Å². The number of nitrogens with zero attached hydrogens (tertiary/aromatic N) is 3. The summed E-state index contributed by atoms with van der Waals surface area (Å²) < 4.78 is 6.69. The topological polar surface area (TPSA) is 70.2 Å². The van der Waals surface area contributed by atoms with Crippen LogP contribution in [0, 0.1) is 17.0 Å². The zero-order valence-corrected chi connectivity index (χ0v) is 10.2. The van der Waals surface area contributed by atoms with Gasteiger partial charge in [-0.3, -0.25) is 14.8 Å². The summed E-state index contributed by atoms with van der Waals surface area (Å²) in [6, 6.07) is 4.91. The molecule has 1 aromatic carbocycles. The van der Waals surface area contributed by atoms with Crippen LogP contribution in [0.3, 0.4) is 0 Å². The van der Waals surface area contributed by atoms with Gasteiger partial charge in [0.1, 0.15) is 0 Å². The van der Waals surface area contributed by atoms with Gasteiger partial charge in [-0.05, 0) is 24.1 Å². The van der Waals surface area contributed by atoms with Crippen LogP contribution in [0.5, 0.6) is 5.75 Å². The summed E-state index contributed by atoms with van der Waals surface area (Å²) in [7, 11) is 1.42. The first-order chi connectivity index (χ1) is 8.60. The molecule has 1 aromatic heterocycles. The van der Waals surface area contributed by atoms with Gasteiger partial charge in [0.2, 0.25) is 0 Å². The molecule has 18 heavy (non-hydrogen) atoms. The summed E-state index contributed by atoms with van der Waals surface area (Å²) in [5, 5.41) is 15.0. The molecule has 0 aliphatic heterocycles. The number of hydrogen-bond donors (Lipinski definition) is 0. The summed E-state index contributed by atoms with van der Waals surface area (Å²) in [4.78, 5) is 10.4. The van der Waals surface area contributed by atoms with Gasteiger partial charge in [-0.15, -0.1) is 0 Å². The van der Waals surface area contributed by atoms with E-state index in [4.69, 9.17) is 4.74 Å². The molecule has 2 rings (SSSR count). The van der Waals surface area contributed by atoms with Gasteiger partial charge in [-0.1, -0.05) is 6.07 Å². The lowest BCUT2D eigenvalue weighted by molar-refractivity contribution is -0.385. The van der Waals surface area contributed by atoms with Crippen molar-refractivity contribution in [3.63, 3.8) is 0 Å². The second-order valence-electron chi connectivity index (χ2n) is 3.98. The first-order valence-electron chi connectivity index (χ1n) is 5.40. The normalized spacial score (nSPS) is 10.3. The van der Waals surface area contributed by atoms with E-state index in [9.17, 15) is 10.1 Å². The Morgan fingerprint density at radius 1 is 1.50 bits per heavy atom. The predicted molar refractivity (Wildman–Crippen MR) is 65.7 cm³/mol. The molecule has 0 saturated heterocycles. The van der Waals surface area contributed by atoms with E-state index in [1.165, 1.54) is 13.2 Å². The standard InChI is InChI=1S/C12H13N3O3/c1-9-6-13-14(7-9)8-10-3-4-12(18-2)11(5-10)15(16)17/h3-7H,8H2,1-2H3. The van der Waals surface area contributed by atoms with Crippen LogP contribution in [0.2, 0.25) is 0 Å². The molecule has 0 fully saturated rings. The Balaban J connectivity index is 2.29. The Kier molecular flexibility index (Phi) is 3.27. The minimum absolute atomic E-state index is 0.0288. The second-order valence-corrected chi connectivity index (χ2v) is 3.98. The number of hydrogen-bond acceptors (Lipinski definition) is 4. The molecule has 0 bridgehead atoms. The van der Waals surface area contributed by atoms with E-state index < -0.39 is 4.92 Å². The maximum atomic E-state index is 10.9. The van der Waals surface area contributed by atoms with Crippen molar-refractivity contribution in [3.8, 4) is 5.75 Å². The van der Waals surface area contributed by atoms with Crippen molar-refractivity contribution in [2.45, 2.75) is 13.5 Å². The van der Waals surface area contributed by atoms with Gasteiger partial charge in [0.15, 0.2) is 5.75 Å². The highest BCUT2D eigenvalue weighted by Gasteiger charge is 2.15. The number of nitro groups is 1. The molecule has 1 heterocycles. The van der Waals surface area contributed by atoms with E-state index in [0.29, 0.717) is 6.54 Å². The first-order valence-corrected chi connectivity index (χ1v) is 5.40. The highest BCUT2D eigenvalue weighted by molar-refractivity contribution is 5.48. The molecule has 6 nitrogen and oxygen atoms in total. The summed E-state index contributed by atoms with van der Waals surface area (Å²) >= 11 is 0. The monoisotopic (exact) mass is 247 g/mol. The van der Waals surface area contributed by atoms with Crippen LogP contribution in [0.25, 0.3) is 0 Å². The fourth-order valence-electron chi connectivity index (χ4n) is 1.72. The summed E-state index contributed by atoms with van der Waals surface area (Å²) in [6.45, 7) is 2.44. The minimum Gasteiger partial charge on any atom is -0.490 e. The summed E-state index contributed by atoms with van der Waals surface area (Å²) in [5.41, 5.74) is 1.84. The van der Waals surface area contributed by atoms with Crippen LogP contribution in [-0.2, 0) is 6.54 Å². The van der Waals surface area contributed by atoms with Crippen molar-refractivity contribution in [2.24, 2.45) is 0 Å². The number of methoxy groups -OCH3 is 1. The maximum Gasteiger partial charge on any atom is 0.311 e. The van der Waals surface area contributed by atoms with Gasteiger partial charge >= 0.3 is 5.69 Å². The Morgan fingerprint density at radius 3 is 2.83 bits per heavy atom. The predicted octanol–water partition coefficient (Wildman–Crippen LogP) is 2.16. The van der Waals surface area contributed by atoms with Gasteiger partial charge in [0, 0.05) is 12.3 Å². The molecule has 6 heteroatoms.